The first-order chi connectivity index (χ1) is 11.0. The molecule has 0 bridgehead atoms. The molecule has 1 saturated carbocycles. The van der Waals surface area contributed by atoms with E-state index in [1.54, 1.807) is 29.2 Å². The van der Waals surface area contributed by atoms with Gasteiger partial charge in [0, 0.05) is 30.8 Å². The largest absolute Gasteiger partial charge is 0.349 e. The average molecular weight is 315 g/mol. The van der Waals surface area contributed by atoms with E-state index in [9.17, 15) is 14.4 Å². The zero-order valence-electron chi connectivity index (χ0n) is 13.2. The Morgan fingerprint density at radius 2 is 1.78 bits per heavy atom. The highest BCUT2D eigenvalue weighted by Crippen LogP contribution is 2.21. The molecule has 1 atom stereocenters. The van der Waals surface area contributed by atoms with E-state index in [-0.39, 0.29) is 17.7 Å². The smallest absolute Gasteiger partial charge is 0.251 e. The zero-order chi connectivity index (χ0) is 16.4. The topological polar surface area (TPSA) is 78.5 Å². The van der Waals surface area contributed by atoms with E-state index in [4.69, 9.17) is 0 Å². The number of anilines is 1. The fourth-order valence-electron chi connectivity index (χ4n) is 2.84. The predicted octanol–water partition coefficient (Wildman–Crippen LogP) is 1.53. The number of nitrogens with zero attached hydrogens (tertiary/aromatic N) is 1. The molecule has 122 valence electrons. The Balaban J connectivity index is 1.60. The van der Waals surface area contributed by atoms with Crippen molar-refractivity contribution in [3.8, 4) is 0 Å². The minimum Gasteiger partial charge on any atom is -0.349 e. The Kier molecular flexibility index (Phi) is 4.32. The molecule has 3 amide bonds. The molecule has 1 saturated heterocycles. The molecule has 1 aromatic carbocycles. The summed E-state index contributed by atoms with van der Waals surface area (Å²) in [6, 6.07) is 6.75. The van der Waals surface area contributed by atoms with Crippen LogP contribution in [-0.4, -0.2) is 41.2 Å². The predicted molar refractivity (Wildman–Crippen MR) is 86.0 cm³/mol. The lowest BCUT2D eigenvalue weighted by atomic mass is 10.1. The first-order valence-electron chi connectivity index (χ1n) is 8.03. The molecule has 1 aliphatic carbocycles. The Morgan fingerprint density at radius 3 is 2.39 bits per heavy atom. The van der Waals surface area contributed by atoms with Gasteiger partial charge in [0.05, 0.1) is 0 Å². The van der Waals surface area contributed by atoms with Gasteiger partial charge in [-0.05, 0) is 49.9 Å². The lowest BCUT2D eigenvalue weighted by molar-refractivity contribution is -0.134. The number of hydrogen-bond acceptors (Lipinski definition) is 3. The van der Waals surface area contributed by atoms with Crippen LogP contribution in [0.1, 0.15) is 43.0 Å². The summed E-state index contributed by atoms with van der Waals surface area (Å²) < 4.78 is 0. The second kappa shape index (κ2) is 6.40. The lowest BCUT2D eigenvalue weighted by Crippen LogP contribution is -2.42. The molecule has 1 heterocycles. The van der Waals surface area contributed by atoms with Crippen LogP contribution in [0.15, 0.2) is 24.3 Å². The number of rotatable bonds is 4. The fourth-order valence-corrected chi connectivity index (χ4v) is 2.84. The normalized spacial score (nSPS) is 20.2. The van der Waals surface area contributed by atoms with Gasteiger partial charge >= 0.3 is 0 Å². The van der Waals surface area contributed by atoms with Crippen molar-refractivity contribution in [2.24, 2.45) is 0 Å². The monoisotopic (exact) mass is 315 g/mol. The van der Waals surface area contributed by atoms with Gasteiger partial charge in [0.1, 0.15) is 6.04 Å². The molecule has 0 aromatic heterocycles. The quantitative estimate of drug-likeness (QED) is 0.884. The van der Waals surface area contributed by atoms with E-state index in [0.29, 0.717) is 30.3 Å². The van der Waals surface area contributed by atoms with Gasteiger partial charge in [0.25, 0.3) is 5.91 Å². The number of nitrogens with one attached hydrogen (secondary N) is 2. The Morgan fingerprint density at radius 1 is 1.09 bits per heavy atom. The van der Waals surface area contributed by atoms with Gasteiger partial charge in [0.15, 0.2) is 0 Å². The first-order valence-corrected chi connectivity index (χ1v) is 8.03. The minimum absolute atomic E-state index is 0.0743. The lowest BCUT2D eigenvalue weighted by Gasteiger charge is -2.22. The maximum atomic E-state index is 12.3. The first kappa shape index (κ1) is 15.5. The van der Waals surface area contributed by atoms with Gasteiger partial charge in [-0.3, -0.25) is 14.4 Å². The van der Waals surface area contributed by atoms with Crippen molar-refractivity contribution in [1.29, 1.82) is 0 Å². The third-order valence-corrected chi connectivity index (χ3v) is 4.29. The Hall–Kier alpha value is -2.37. The van der Waals surface area contributed by atoms with Crippen LogP contribution in [0.2, 0.25) is 0 Å². The number of hydrogen-bond donors (Lipinski definition) is 2. The highest BCUT2D eigenvalue weighted by atomic mass is 16.2. The third-order valence-electron chi connectivity index (χ3n) is 4.29. The summed E-state index contributed by atoms with van der Waals surface area (Å²) in [6.45, 7) is 2.12. The van der Waals surface area contributed by atoms with Crippen LogP contribution in [-0.2, 0) is 9.59 Å². The maximum Gasteiger partial charge on any atom is 0.251 e. The van der Waals surface area contributed by atoms with Crippen molar-refractivity contribution in [1.82, 2.24) is 10.2 Å². The van der Waals surface area contributed by atoms with E-state index in [0.717, 1.165) is 19.3 Å². The third kappa shape index (κ3) is 3.70. The summed E-state index contributed by atoms with van der Waals surface area (Å²) in [5, 5.41) is 5.75. The van der Waals surface area contributed by atoms with Gasteiger partial charge in [-0.2, -0.15) is 0 Å². The molecule has 6 nitrogen and oxygen atoms in total. The van der Waals surface area contributed by atoms with Crippen LogP contribution in [0.4, 0.5) is 5.69 Å². The van der Waals surface area contributed by atoms with Crippen LogP contribution in [0.25, 0.3) is 0 Å². The molecule has 1 aromatic rings. The van der Waals surface area contributed by atoms with Crippen molar-refractivity contribution in [2.75, 3.05) is 11.9 Å². The molecular weight excluding hydrogens is 294 g/mol. The highest BCUT2D eigenvalue weighted by molar-refractivity contribution is 5.98. The van der Waals surface area contributed by atoms with Crippen LogP contribution in [0.3, 0.4) is 0 Å². The number of amides is 3. The number of carbonyl (C=O) groups excluding carboxylic acids is 3. The van der Waals surface area contributed by atoms with Crippen LogP contribution in [0, 0.1) is 0 Å². The van der Waals surface area contributed by atoms with Crippen molar-refractivity contribution < 1.29 is 14.4 Å². The van der Waals surface area contributed by atoms with E-state index < -0.39 is 6.04 Å². The second-order valence-electron chi connectivity index (χ2n) is 6.18. The van der Waals surface area contributed by atoms with Gasteiger partial charge < -0.3 is 15.5 Å². The number of benzene rings is 1. The summed E-state index contributed by atoms with van der Waals surface area (Å²) in [5.74, 6) is -0.327. The van der Waals surface area contributed by atoms with E-state index >= 15 is 0 Å². The van der Waals surface area contributed by atoms with Crippen LogP contribution in [0.5, 0.6) is 0 Å². The summed E-state index contributed by atoms with van der Waals surface area (Å²) in [6.07, 6.45) is 3.63. The summed E-state index contributed by atoms with van der Waals surface area (Å²) >= 11 is 0. The molecule has 2 fully saturated rings. The molecule has 0 radical (unpaired) electrons. The summed E-state index contributed by atoms with van der Waals surface area (Å²) in [5.41, 5.74) is 1.22. The number of likely N-dealkylation sites (tertiary alicyclic amines) is 1. The molecule has 3 rings (SSSR count). The molecule has 1 aliphatic heterocycles. The van der Waals surface area contributed by atoms with Crippen molar-refractivity contribution in [3.05, 3.63) is 29.8 Å². The van der Waals surface area contributed by atoms with Crippen molar-refractivity contribution in [2.45, 2.75) is 44.7 Å². The average Bonchev–Trinajstić information content (AvgIpc) is 3.19. The number of carbonyl (C=O) groups is 3. The van der Waals surface area contributed by atoms with Gasteiger partial charge in [-0.1, -0.05) is 0 Å². The van der Waals surface area contributed by atoms with Crippen LogP contribution >= 0.6 is 0 Å². The summed E-state index contributed by atoms with van der Waals surface area (Å²) in [7, 11) is 0. The van der Waals surface area contributed by atoms with Gasteiger partial charge in [-0.25, -0.2) is 0 Å². The van der Waals surface area contributed by atoms with Gasteiger partial charge in [-0.15, -0.1) is 0 Å². The Labute approximate surface area is 135 Å². The molecule has 23 heavy (non-hydrogen) atoms. The SMILES string of the molecule is CC(=O)N1CCCC1C(=O)Nc1ccc(C(=O)NC2CC2)cc1. The molecule has 2 aliphatic rings. The minimum atomic E-state index is -0.398. The molecule has 2 N–H and O–H groups in total. The van der Waals surface area contributed by atoms with E-state index in [2.05, 4.69) is 10.6 Å². The van der Waals surface area contributed by atoms with Crippen molar-refractivity contribution in [3.63, 3.8) is 0 Å². The molecular formula is C17H21N3O3. The zero-order valence-corrected chi connectivity index (χ0v) is 13.2. The molecule has 0 spiro atoms. The Bertz CT molecular complexity index is 622. The van der Waals surface area contributed by atoms with Crippen LogP contribution < -0.4 is 10.6 Å². The standard InChI is InChI=1S/C17H21N3O3/c1-11(21)20-10-2-3-15(20)17(23)19-13-6-4-12(5-7-13)16(22)18-14-8-9-14/h4-7,14-15H,2-3,8-10H2,1H3,(H,18,22)(H,19,23). The van der Waals surface area contributed by atoms with Gasteiger partial charge in [0.2, 0.25) is 11.8 Å². The van der Waals surface area contributed by atoms with E-state index in [1.165, 1.54) is 6.92 Å². The second-order valence-corrected chi connectivity index (χ2v) is 6.18. The summed E-state index contributed by atoms with van der Waals surface area (Å²) in [4.78, 5) is 37.4. The molecule has 1 unspecified atom stereocenters. The maximum absolute atomic E-state index is 12.3. The van der Waals surface area contributed by atoms with E-state index in [1.807, 2.05) is 0 Å². The van der Waals surface area contributed by atoms with Crippen molar-refractivity contribution >= 4 is 23.4 Å². The molecule has 6 heteroatoms. The fraction of sp³-hybridized carbons (Fsp3) is 0.471. The highest BCUT2D eigenvalue weighted by Gasteiger charge is 2.32.